The van der Waals surface area contributed by atoms with Crippen LogP contribution in [-0.4, -0.2) is 24.1 Å². The molecule has 0 spiro atoms. The van der Waals surface area contributed by atoms with Crippen LogP contribution < -0.4 is 5.73 Å². The Balaban J connectivity index is 3.23. The SMILES string of the molecule is COC(=O)c1ccccc1C(N)=NO. The Labute approximate surface area is 80.8 Å². The molecular formula is C9H10N2O3. The number of carbonyl (C=O) groups is 1. The fourth-order valence-electron chi connectivity index (χ4n) is 1.05. The first-order valence-corrected chi connectivity index (χ1v) is 3.86. The molecule has 74 valence electrons. The Hall–Kier alpha value is -2.04. The second-order valence-corrected chi connectivity index (χ2v) is 2.52. The van der Waals surface area contributed by atoms with Crippen molar-refractivity contribution < 1.29 is 14.7 Å². The molecule has 0 aromatic heterocycles. The molecule has 1 rings (SSSR count). The highest BCUT2D eigenvalue weighted by molar-refractivity contribution is 6.06. The van der Waals surface area contributed by atoms with Crippen molar-refractivity contribution in [3.63, 3.8) is 0 Å². The Morgan fingerprint density at radius 2 is 2.00 bits per heavy atom. The lowest BCUT2D eigenvalue weighted by Gasteiger charge is -2.04. The van der Waals surface area contributed by atoms with Gasteiger partial charge in [0.05, 0.1) is 12.7 Å². The minimum absolute atomic E-state index is 0.119. The van der Waals surface area contributed by atoms with Gasteiger partial charge in [-0.25, -0.2) is 4.79 Å². The third-order valence-corrected chi connectivity index (χ3v) is 1.72. The number of esters is 1. The van der Waals surface area contributed by atoms with E-state index in [1.165, 1.54) is 7.11 Å². The van der Waals surface area contributed by atoms with E-state index in [0.717, 1.165) is 0 Å². The Morgan fingerprint density at radius 1 is 1.43 bits per heavy atom. The Bertz CT molecular complexity index is 374. The van der Waals surface area contributed by atoms with E-state index in [0.29, 0.717) is 5.56 Å². The number of hydrogen-bond donors (Lipinski definition) is 2. The molecular weight excluding hydrogens is 184 g/mol. The topological polar surface area (TPSA) is 84.9 Å². The summed E-state index contributed by atoms with van der Waals surface area (Å²) in [6, 6.07) is 6.46. The zero-order valence-corrected chi connectivity index (χ0v) is 7.60. The lowest BCUT2D eigenvalue weighted by atomic mass is 10.1. The molecule has 0 unspecified atom stereocenters. The molecule has 0 bridgehead atoms. The zero-order valence-electron chi connectivity index (χ0n) is 7.60. The van der Waals surface area contributed by atoms with Crippen LogP contribution in [0.2, 0.25) is 0 Å². The van der Waals surface area contributed by atoms with Gasteiger partial charge in [-0.05, 0) is 6.07 Å². The van der Waals surface area contributed by atoms with Gasteiger partial charge in [0.1, 0.15) is 0 Å². The molecule has 0 radical (unpaired) electrons. The van der Waals surface area contributed by atoms with E-state index in [4.69, 9.17) is 10.9 Å². The van der Waals surface area contributed by atoms with Crippen molar-refractivity contribution in [2.45, 2.75) is 0 Å². The maximum absolute atomic E-state index is 11.2. The summed E-state index contributed by atoms with van der Waals surface area (Å²) in [7, 11) is 1.27. The summed E-state index contributed by atoms with van der Waals surface area (Å²) in [5.41, 5.74) is 6.00. The first-order chi connectivity index (χ1) is 6.70. The predicted octanol–water partition coefficient (Wildman–Crippen LogP) is 0.568. The molecule has 1 aromatic carbocycles. The number of rotatable bonds is 2. The average molecular weight is 194 g/mol. The third-order valence-electron chi connectivity index (χ3n) is 1.72. The van der Waals surface area contributed by atoms with Crippen LogP contribution in [0.15, 0.2) is 29.4 Å². The molecule has 0 atom stereocenters. The van der Waals surface area contributed by atoms with Gasteiger partial charge < -0.3 is 15.7 Å². The second kappa shape index (κ2) is 4.27. The van der Waals surface area contributed by atoms with E-state index in [9.17, 15) is 4.79 Å². The summed E-state index contributed by atoms with van der Waals surface area (Å²) in [6.07, 6.45) is 0. The average Bonchev–Trinajstić information content (AvgIpc) is 2.27. The summed E-state index contributed by atoms with van der Waals surface area (Å²) in [5, 5.41) is 11.3. The molecule has 0 aliphatic rings. The number of nitrogens with two attached hydrogens (primary N) is 1. The molecule has 0 aliphatic carbocycles. The molecule has 0 saturated carbocycles. The summed E-state index contributed by atoms with van der Waals surface area (Å²) in [4.78, 5) is 11.2. The predicted molar refractivity (Wildman–Crippen MR) is 50.3 cm³/mol. The van der Waals surface area contributed by atoms with Gasteiger partial charge in [-0.15, -0.1) is 0 Å². The van der Waals surface area contributed by atoms with Gasteiger partial charge in [-0.1, -0.05) is 23.4 Å². The van der Waals surface area contributed by atoms with Crippen molar-refractivity contribution >= 4 is 11.8 Å². The largest absolute Gasteiger partial charge is 0.465 e. The number of ether oxygens (including phenoxy) is 1. The van der Waals surface area contributed by atoms with E-state index >= 15 is 0 Å². The Kier molecular flexibility index (Phi) is 3.06. The number of carbonyl (C=O) groups excluding carboxylic acids is 1. The van der Waals surface area contributed by atoms with Gasteiger partial charge in [0.15, 0.2) is 5.84 Å². The summed E-state index contributed by atoms with van der Waals surface area (Å²) in [6.45, 7) is 0. The smallest absolute Gasteiger partial charge is 0.338 e. The van der Waals surface area contributed by atoms with Gasteiger partial charge in [-0.3, -0.25) is 0 Å². The number of nitrogens with zero attached hydrogens (tertiary/aromatic N) is 1. The highest BCUT2D eigenvalue weighted by atomic mass is 16.5. The van der Waals surface area contributed by atoms with Crippen molar-refractivity contribution in [1.82, 2.24) is 0 Å². The van der Waals surface area contributed by atoms with Crippen LogP contribution in [0.1, 0.15) is 15.9 Å². The number of hydrogen-bond acceptors (Lipinski definition) is 4. The molecule has 3 N–H and O–H groups in total. The van der Waals surface area contributed by atoms with Crippen LogP contribution >= 0.6 is 0 Å². The van der Waals surface area contributed by atoms with E-state index in [1.807, 2.05) is 0 Å². The van der Waals surface area contributed by atoms with E-state index < -0.39 is 5.97 Å². The van der Waals surface area contributed by atoms with Crippen LogP contribution in [0.5, 0.6) is 0 Å². The lowest BCUT2D eigenvalue weighted by molar-refractivity contribution is 0.0600. The third kappa shape index (κ3) is 1.82. The molecule has 0 fully saturated rings. The number of benzene rings is 1. The zero-order chi connectivity index (χ0) is 10.6. The van der Waals surface area contributed by atoms with Gasteiger partial charge in [0.2, 0.25) is 0 Å². The van der Waals surface area contributed by atoms with Gasteiger partial charge >= 0.3 is 5.97 Å². The Morgan fingerprint density at radius 3 is 2.50 bits per heavy atom. The van der Waals surface area contributed by atoms with Crippen molar-refractivity contribution in [3.05, 3.63) is 35.4 Å². The molecule has 0 saturated heterocycles. The first-order valence-electron chi connectivity index (χ1n) is 3.86. The number of methoxy groups -OCH3 is 1. The van der Waals surface area contributed by atoms with Gasteiger partial charge in [0, 0.05) is 5.56 Å². The minimum atomic E-state index is -0.521. The van der Waals surface area contributed by atoms with Crippen LogP contribution in [0.4, 0.5) is 0 Å². The molecule has 1 aromatic rings. The monoisotopic (exact) mass is 194 g/mol. The normalized spacial score (nSPS) is 11.1. The summed E-state index contributed by atoms with van der Waals surface area (Å²) < 4.78 is 4.54. The van der Waals surface area contributed by atoms with Crippen molar-refractivity contribution in [1.29, 1.82) is 0 Å². The molecule has 5 heteroatoms. The van der Waals surface area contributed by atoms with E-state index in [2.05, 4.69) is 9.89 Å². The summed E-state index contributed by atoms with van der Waals surface area (Å²) >= 11 is 0. The molecule has 0 heterocycles. The van der Waals surface area contributed by atoms with Gasteiger partial charge in [0.25, 0.3) is 0 Å². The molecule has 0 amide bonds. The number of oxime groups is 1. The molecule has 14 heavy (non-hydrogen) atoms. The van der Waals surface area contributed by atoms with E-state index in [-0.39, 0.29) is 11.4 Å². The van der Waals surface area contributed by atoms with Crippen LogP contribution in [0, 0.1) is 0 Å². The maximum Gasteiger partial charge on any atom is 0.338 e. The first kappa shape index (κ1) is 10.0. The molecule has 5 nitrogen and oxygen atoms in total. The van der Waals surface area contributed by atoms with Gasteiger partial charge in [-0.2, -0.15) is 0 Å². The fraction of sp³-hybridized carbons (Fsp3) is 0.111. The molecule has 0 aliphatic heterocycles. The highest BCUT2D eigenvalue weighted by Crippen LogP contribution is 2.09. The highest BCUT2D eigenvalue weighted by Gasteiger charge is 2.13. The van der Waals surface area contributed by atoms with Crippen LogP contribution in [0.25, 0.3) is 0 Å². The second-order valence-electron chi connectivity index (χ2n) is 2.52. The fourth-order valence-corrected chi connectivity index (χ4v) is 1.05. The quantitative estimate of drug-likeness (QED) is 0.237. The minimum Gasteiger partial charge on any atom is -0.465 e. The lowest BCUT2D eigenvalue weighted by Crippen LogP contribution is -2.18. The van der Waals surface area contributed by atoms with Crippen LogP contribution in [0.3, 0.4) is 0 Å². The number of amidine groups is 1. The van der Waals surface area contributed by atoms with Crippen LogP contribution in [-0.2, 0) is 4.74 Å². The summed E-state index contributed by atoms with van der Waals surface area (Å²) in [5.74, 6) is -0.641. The van der Waals surface area contributed by atoms with E-state index in [1.54, 1.807) is 24.3 Å². The van der Waals surface area contributed by atoms with Crippen molar-refractivity contribution in [3.8, 4) is 0 Å². The van der Waals surface area contributed by atoms with Crippen molar-refractivity contribution in [2.24, 2.45) is 10.9 Å². The van der Waals surface area contributed by atoms with Crippen molar-refractivity contribution in [2.75, 3.05) is 7.11 Å². The maximum atomic E-state index is 11.2. The standard InChI is InChI=1S/C9H10N2O3/c1-14-9(12)7-5-3-2-4-6(7)8(10)11-13/h2-5,13H,1H3,(H2,10,11).